The number of aryl methyl sites for hydroxylation is 1. The Morgan fingerprint density at radius 2 is 1.36 bits per heavy atom. The molecule has 3 aromatic rings. The summed E-state index contributed by atoms with van der Waals surface area (Å²) in [6.07, 6.45) is 1.10. The van der Waals surface area contributed by atoms with Gasteiger partial charge in [0.2, 0.25) is 0 Å². The lowest BCUT2D eigenvalue weighted by molar-refractivity contribution is 0.729. The van der Waals surface area contributed by atoms with Gasteiger partial charge in [0.05, 0.1) is 0 Å². The maximum atomic E-state index is 6.74. The van der Waals surface area contributed by atoms with Gasteiger partial charge in [0, 0.05) is 5.02 Å². The molecule has 0 spiro atoms. The molecule has 0 aliphatic heterocycles. The molecule has 0 aliphatic carbocycles. The number of hydrogen-bond acceptors (Lipinski definition) is 0. The van der Waals surface area contributed by atoms with E-state index in [1.165, 1.54) is 27.0 Å². The van der Waals surface area contributed by atoms with Crippen LogP contribution in [-0.4, -0.2) is 0 Å². The van der Waals surface area contributed by atoms with E-state index in [0.29, 0.717) is 5.92 Å². The van der Waals surface area contributed by atoms with Crippen molar-refractivity contribution in [3.8, 4) is 0 Å². The number of rotatable bonds is 5. The van der Waals surface area contributed by atoms with Gasteiger partial charge < -0.3 is 0 Å². The number of halogens is 1. The van der Waals surface area contributed by atoms with Crippen molar-refractivity contribution in [1.29, 1.82) is 0 Å². The van der Waals surface area contributed by atoms with Crippen LogP contribution in [-0.2, 0) is 0 Å². The second-order valence-electron chi connectivity index (χ2n) is 6.47. The predicted octanol–water partition coefficient (Wildman–Crippen LogP) is 5.92. The molecule has 0 aromatic heterocycles. The van der Waals surface area contributed by atoms with Crippen LogP contribution in [0, 0.1) is 6.92 Å². The van der Waals surface area contributed by atoms with Gasteiger partial charge in [0.15, 0.2) is 0 Å². The quantitative estimate of drug-likeness (QED) is 0.491. The summed E-state index contributed by atoms with van der Waals surface area (Å²) in [6.45, 7) is 6.67. The van der Waals surface area contributed by atoms with Crippen molar-refractivity contribution < 1.29 is 0 Å². The van der Waals surface area contributed by atoms with Crippen molar-refractivity contribution in [1.82, 2.24) is 0 Å². The van der Waals surface area contributed by atoms with Crippen molar-refractivity contribution >= 4 is 35.4 Å². The number of benzene rings is 3. The fourth-order valence-corrected chi connectivity index (χ4v) is 6.24. The molecule has 2 heteroatoms. The first-order valence-corrected chi connectivity index (χ1v) is 10.5. The van der Waals surface area contributed by atoms with E-state index < -0.39 is 7.92 Å². The third-order valence-electron chi connectivity index (χ3n) is 4.71. The van der Waals surface area contributed by atoms with Crippen LogP contribution in [0.5, 0.6) is 0 Å². The molecule has 0 N–H and O–H groups in total. The highest BCUT2D eigenvalue weighted by atomic mass is 35.5. The van der Waals surface area contributed by atoms with Gasteiger partial charge in [-0.1, -0.05) is 92.2 Å². The zero-order valence-corrected chi connectivity index (χ0v) is 16.7. The second kappa shape index (κ2) is 8.17. The maximum Gasteiger partial charge on any atom is 0.0449 e. The average molecular weight is 367 g/mol. The zero-order chi connectivity index (χ0) is 17.8. The lowest BCUT2D eigenvalue weighted by Gasteiger charge is -2.23. The first-order chi connectivity index (χ1) is 12.1. The molecule has 1 unspecified atom stereocenters. The van der Waals surface area contributed by atoms with Gasteiger partial charge in [-0.25, -0.2) is 0 Å². The van der Waals surface area contributed by atoms with Gasteiger partial charge in [0.25, 0.3) is 0 Å². The van der Waals surface area contributed by atoms with E-state index in [9.17, 15) is 0 Å². The van der Waals surface area contributed by atoms with E-state index in [0.717, 1.165) is 11.4 Å². The van der Waals surface area contributed by atoms with Crippen molar-refractivity contribution in [2.45, 2.75) is 33.1 Å². The highest BCUT2D eigenvalue weighted by Gasteiger charge is 2.20. The Bertz CT molecular complexity index is 765. The van der Waals surface area contributed by atoms with Gasteiger partial charge in [-0.2, -0.15) is 0 Å². The standard InChI is InChI=1S/C23H24ClP/c1-4-17(2)23-18(3)15-21(16-22(23)24)25(19-11-7-5-8-12-19)20-13-9-6-10-14-20/h5-17H,4H2,1-3H3. The minimum Gasteiger partial charge on any atom is -0.0840 e. The molecule has 3 aromatic carbocycles. The normalized spacial score (nSPS) is 12.4. The average Bonchev–Trinajstić information content (AvgIpc) is 2.63. The monoisotopic (exact) mass is 366 g/mol. The SMILES string of the molecule is CCC(C)c1c(C)cc(P(c2ccccc2)c2ccccc2)cc1Cl. The molecule has 0 fully saturated rings. The van der Waals surface area contributed by atoms with Crippen LogP contribution < -0.4 is 15.9 Å². The van der Waals surface area contributed by atoms with Gasteiger partial charge in [-0.05, 0) is 60.3 Å². The van der Waals surface area contributed by atoms with Crippen molar-refractivity contribution in [2.75, 3.05) is 0 Å². The van der Waals surface area contributed by atoms with Crippen LogP contribution >= 0.6 is 19.5 Å². The highest BCUT2D eigenvalue weighted by molar-refractivity contribution is 7.79. The molecule has 3 rings (SSSR count). The Morgan fingerprint density at radius 1 is 0.840 bits per heavy atom. The minimum absolute atomic E-state index is 0.487. The molecule has 0 nitrogen and oxygen atoms in total. The van der Waals surface area contributed by atoms with Crippen LogP contribution in [0.2, 0.25) is 5.02 Å². The summed E-state index contributed by atoms with van der Waals surface area (Å²) in [5.74, 6) is 0.487. The van der Waals surface area contributed by atoms with Crippen molar-refractivity contribution in [3.05, 3.63) is 88.9 Å². The fourth-order valence-electron chi connectivity index (χ4n) is 3.30. The van der Waals surface area contributed by atoms with Gasteiger partial charge in [-0.3, -0.25) is 0 Å². The summed E-state index contributed by atoms with van der Waals surface area (Å²) in [6, 6.07) is 26.1. The van der Waals surface area contributed by atoms with E-state index in [4.69, 9.17) is 11.6 Å². The minimum atomic E-state index is -0.599. The molecular weight excluding hydrogens is 343 g/mol. The first-order valence-electron chi connectivity index (χ1n) is 8.82. The topological polar surface area (TPSA) is 0 Å². The van der Waals surface area contributed by atoms with E-state index in [-0.39, 0.29) is 0 Å². The fraction of sp³-hybridized carbons (Fsp3) is 0.217. The molecule has 0 saturated carbocycles. The van der Waals surface area contributed by atoms with Gasteiger partial charge >= 0.3 is 0 Å². The summed E-state index contributed by atoms with van der Waals surface area (Å²) in [7, 11) is -0.599. The second-order valence-corrected chi connectivity index (χ2v) is 9.10. The van der Waals surface area contributed by atoms with Crippen LogP contribution in [0.3, 0.4) is 0 Å². The van der Waals surface area contributed by atoms with Gasteiger partial charge in [-0.15, -0.1) is 0 Å². The van der Waals surface area contributed by atoms with E-state index in [1.54, 1.807) is 0 Å². The highest BCUT2D eigenvalue weighted by Crippen LogP contribution is 2.37. The Labute approximate surface area is 157 Å². The Morgan fingerprint density at radius 3 is 1.80 bits per heavy atom. The summed E-state index contributed by atoms with van der Waals surface area (Å²) in [5.41, 5.74) is 2.60. The summed E-state index contributed by atoms with van der Waals surface area (Å²) in [5, 5.41) is 4.94. The summed E-state index contributed by atoms with van der Waals surface area (Å²) in [4.78, 5) is 0. The molecular formula is C23H24ClP. The van der Waals surface area contributed by atoms with Gasteiger partial charge in [0.1, 0.15) is 0 Å². The van der Waals surface area contributed by atoms with E-state index >= 15 is 0 Å². The van der Waals surface area contributed by atoms with Crippen LogP contribution in [0.1, 0.15) is 37.3 Å². The molecule has 128 valence electrons. The number of hydrogen-bond donors (Lipinski definition) is 0. The maximum absolute atomic E-state index is 6.74. The largest absolute Gasteiger partial charge is 0.0840 e. The van der Waals surface area contributed by atoms with Crippen LogP contribution in [0.15, 0.2) is 72.8 Å². The van der Waals surface area contributed by atoms with Crippen molar-refractivity contribution in [2.24, 2.45) is 0 Å². The molecule has 0 radical (unpaired) electrons. The molecule has 25 heavy (non-hydrogen) atoms. The Kier molecular flexibility index (Phi) is 5.94. The zero-order valence-electron chi connectivity index (χ0n) is 15.0. The molecule has 0 amide bonds. The molecule has 0 aliphatic rings. The van der Waals surface area contributed by atoms with Crippen LogP contribution in [0.25, 0.3) is 0 Å². The Hall–Kier alpha value is -1.62. The van der Waals surface area contributed by atoms with E-state index in [2.05, 4.69) is 93.6 Å². The Balaban J connectivity index is 2.15. The van der Waals surface area contributed by atoms with Crippen LogP contribution in [0.4, 0.5) is 0 Å². The summed E-state index contributed by atoms with van der Waals surface area (Å²) >= 11 is 6.74. The van der Waals surface area contributed by atoms with Crippen molar-refractivity contribution in [3.63, 3.8) is 0 Å². The molecule has 0 bridgehead atoms. The molecule has 1 atom stereocenters. The summed E-state index contributed by atoms with van der Waals surface area (Å²) < 4.78 is 0. The third-order valence-corrected chi connectivity index (χ3v) is 7.43. The lowest BCUT2D eigenvalue weighted by atomic mass is 9.94. The lowest BCUT2D eigenvalue weighted by Crippen LogP contribution is -2.21. The predicted molar refractivity (Wildman–Crippen MR) is 114 cm³/mol. The first kappa shape index (κ1) is 18.2. The molecule has 0 heterocycles. The third kappa shape index (κ3) is 3.97. The molecule has 0 saturated heterocycles. The van der Waals surface area contributed by atoms with E-state index in [1.807, 2.05) is 0 Å². The smallest absolute Gasteiger partial charge is 0.0449 e.